The second-order valence-corrected chi connectivity index (χ2v) is 3.59. The van der Waals surface area contributed by atoms with E-state index in [1.165, 1.54) is 0 Å². The minimum atomic E-state index is -0.818. The first kappa shape index (κ1) is 12.5. The fourth-order valence-electron chi connectivity index (χ4n) is 1.29. The van der Waals surface area contributed by atoms with Crippen molar-refractivity contribution in [3.8, 4) is 5.75 Å². The van der Waals surface area contributed by atoms with Crippen LogP contribution in [0.5, 0.6) is 5.75 Å². The van der Waals surface area contributed by atoms with Gasteiger partial charge in [-0.15, -0.1) is 0 Å². The van der Waals surface area contributed by atoms with E-state index in [1.54, 1.807) is 25.1 Å². The summed E-state index contributed by atoms with van der Waals surface area (Å²) in [5.41, 5.74) is 0.544. The van der Waals surface area contributed by atoms with E-state index < -0.39 is 5.97 Å². The first-order valence-corrected chi connectivity index (χ1v) is 5.21. The van der Waals surface area contributed by atoms with Gasteiger partial charge < -0.3 is 9.84 Å². The molecular weight excluding hydrogens is 211 g/mol. The third-order valence-corrected chi connectivity index (χ3v) is 2.20. The number of carboxylic acids is 1. The standard InChI is InChI=1S/C12H15FO3/c1-9-5-4-6-10(12(9)13)16-8-3-2-7-11(14)15/h4-6H,2-3,7-8H2,1H3,(H,14,15). The molecule has 0 aromatic heterocycles. The van der Waals surface area contributed by atoms with E-state index >= 15 is 0 Å². The summed E-state index contributed by atoms with van der Waals surface area (Å²) in [6, 6.07) is 4.97. The number of carbonyl (C=O) groups is 1. The monoisotopic (exact) mass is 226 g/mol. The van der Waals surface area contributed by atoms with E-state index in [9.17, 15) is 9.18 Å². The van der Waals surface area contributed by atoms with Gasteiger partial charge in [0.15, 0.2) is 11.6 Å². The predicted molar refractivity (Wildman–Crippen MR) is 58.1 cm³/mol. The molecule has 0 aliphatic rings. The number of benzene rings is 1. The van der Waals surface area contributed by atoms with E-state index in [-0.39, 0.29) is 18.0 Å². The molecule has 88 valence electrons. The maximum atomic E-state index is 13.4. The number of hydrogen-bond donors (Lipinski definition) is 1. The topological polar surface area (TPSA) is 46.5 Å². The number of rotatable bonds is 6. The van der Waals surface area contributed by atoms with Gasteiger partial charge in [-0.05, 0) is 31.4 Å². The highest BCUT2D eigenvalue weighted by atomic mass is 19.1. The normalized spacial score (nSPS) is 10.1. The number of unbranched alkanes of at least 4 members (excludes halogenated alkanes) is 1. The Kier molecular flexibility index (Phi) is 4.76. The second kappa shape index (κ2) is 6.10. The van der Waals surface area contributed by atoms with Crippen molar-refractivity contribution in [1.82, 2.24) is 0 Å². The third kappa shape index (κ3) is 3.88. The number of hydrogen-bond acceptors (Lipinski definition) is 2. The molecule has 3 nitrogen and oxygen atoms in total. The zero-order chi connectivity index (χ0) is 12.0. The van der Waals surface area contributed by atoms with Crippen molar-refractivity contribution in [2.24, 2.45) is 0 Å². The van der Waals surface area contributed by atoms with Crippen LogP contribution in [-0.2, 0) is 4.79 Å². The molecular formula is C12H15FO3. The van der Waals surface area contributed by atoms with Crippen molar-refractivity contribution in [3.63, 3.8) is 0 Å². The number of aliphatic carboxylic acids is 1. The number of halogens is 1. The smallest absolute Gasteiger partial charge is 0.303 e. The molecule has 0 radical (unpaired) electrons. The quantitative estimate of drug-likeness (QED) is 0.758. The lowest BCUT2D eigenvalue weighted by Crippen LogP contribution is -2.02. The summed E-state index contributed by atoms with van der Waals surface area (Å²) in [6.45, 7) is 2.01. The summed E-state index contributed by atoms with van der Waals surface area (Å²) in [6.07, 6.45) is 1.28. The Hall–Kier alpha value is -1.58. The van der Waals surface area contributed by atoms with Crippen molar-refractivity contribution in [1.29, 1.82) is 0 Å². The molecule has 1 aromatic carbocycles. The highest BCUT2D eigenvalue weighted by Crippen LogP contribution is 2.19. The van der Waals surface area contributed by atoms with Gasteiger partial charge in [-0.3, -0.25) is 4.79 Å². The number of aryl methyl sites for hydroxylation is 1. The van der Waals surface area contributed by atoms with Crippen molar-refractivity contribution in [2.45, 2.75) is 26.2 Å². The molecule has 0 aliphatic carbocycles. The van der Waals surface area contributed by atoms with E-state index in [2.05, 4.69) is 0 Å². The molecule has 0 heterocycles. The molecule has 0 unspecified atom stereocenters. The average Bonchev–Trinajstić information content (AvgIpc) is 2.23. The zero-order valence-electron chi connectivity index (χ0n) is 9.20. The lowest BCUT2D eigenvalue weighted by molar-refractivity contribution is -0.137. The van der Waals surface area contributed by atoms with Gasteiger partial charge in [0, 0.05) is 6.42 Å². The highest BCUT2D eigenvalue weighted by molar-refractivity contribution is 5.66. The van der Waals surface area contributed by atoms with Gasteiger partial charge in [-0.25, -0.2) is 4.39 Å². The summed E-state index contributed by atoms with van der Waals surface area (Å²) >= 11 is 0. The molecule has 0 saturated carbocycles. The van der Waals surface area contributed by atoms with Crippen LogP contribution in [0.4, 0.5) is 4.39 Å². The van der Waals surface area contributed by atoms with E-state index in [4.69, 9.17) is 9.84 Å². The summed E-state index contributed by atoms with van der Waals surface area (Å²) < 4.78 is 18.7. The zero-order valence-corrected chi connectivity index (χ0v) is 9.20. The van der Waals surface area contributed by atoms with Crippen LogP contribution >= 0.6 is 0 Å². The minimum absolute atomic E-state index is 0.125. The Bertz CT molecular complexity index is 363. The Morgan fingerprint density at radius 3 is 2.88 bits per heavy atom. The molecule has 1 aromatic rings. The summed E-state index contributed by atoms with van der Waals surface area (Å²) in [7, 11) is 0. The van der Waals surface area contributed by atoms with Gasteiger partial charge in [0.05, 0.1) is 6.61 Å². The summed E-state index contributed by atoms with van der Waals surface area (Å²) in [5, 5.41) is 8.41. The number of ether oxygens (including phenoxy) is 1. The SMILES string of the molecule is Cc1cccc(OCCCCC(=O)O)c1F. The van der Waals surface area contributed by atoms with Crippen molar-refractivity contribution < 1.29 is 19.0 Å². The predicted octanol–water partition coefficient (Wildman–Crippen LogP) is 2.77. The van der Waals surface area contributed by atoms with Crippen LogP contribution in [0.1, 0.15) is 24.8 Å². The van der Waals surface area contributed by atoms with Crippen molar-refractivity contribution in [3.05, 3.63) is 29.6 Å². The van der Waals surface area contributed by atoms with Crippen LogP contribution < -0.4 is 4.74 Å². The molecule has 0 saturated heterocycles. The third-order valence-electron chi connectivity index (χ3n) is 2.20. The first-order chi connectivity index (χ1) is 7.61. The van der Waals surface area contributed by atoms with E-state index in [0.717, 1.165) is 0 Å². The van der Waals surface area contributed by atoms with Crippen molar-refractivity contribution >= 4 is 5.97 Å². The summed E-state index contributed by atoms with van der Waals surface area (Å²) in [4.78, 5) is 10.2. The van der Waals surface area contributed by atoms with E-state index in [0.29, 0.717) is 25.0 Å². The van der Waals surface area contributed by atoms with E-state index in [1.807, 2.05) is 0 Å². The van der Waals surface area contributed by atoms with Crippen molar-refractivity contribution in [2.75, 3.05) is 6.61 Å². The Labute approximate surface area is 93.9 Å². The van der Waals surface area contributed by atoms with Gasteiger partial charge in [0.2, 0.25) is 0 Å². The fourth-order valence-corrected chi connectivity index (χ4v) is 1.29. The number of carboxylic acid groups (broad SMARTS) is 1. The van der Waals surface area contributed by atoms with Crippen LogP contribution in [0, 0.1) is 12.7 Å². The molecule has 0 fully saturated rings. The minimum Gasteiger partial charge on any atom is -0.491 e. The molecule has 4 heteroatoms. The molecule has 0 amide bonds. The molecule has 0 atom stereocenters. The first-order valence-electron chi connectivity index (χ1n) is 5.21. The molecule has 0 bridgehead atoms. The van der Waals surface area contributed by atoms with Gasteiger partial charge in [-0.2, -0.15) is 0 Å². The fraction of sp³-hybridized carbons (Fsp3) is 0.417. The molecule has 1 rings (SSSR count). The maximum absolute atomic E-state index is 13.4. The lowest BCUT2D eigenvalue weighted by Gasteiger charge is -2.07. The molecule has 16 heavy (non-hydrogen) atoms. The molecule has 1 N–H and O–H groups in total. The highest BCUT2D eigenvalue weighted by Gasteiger charge is 2.05. The van der Waals surface area contributed by atoms with Gasteiger partial charge in [-0.1, -0.05) is 12.1 Å². The van der Waals surface area contributed by atoms with Gasteiger partial charge in [0.1, 0.15) is 0 Å². The average molecular weight is 226 g/mol. The van der Waals surface area contributed by atoms with Crippen LogP contribution in [0.2, 0.25) is 0 Å². The Balaban J connectivity index is 2.32. The van der Waals surface area contributed by atoms with Crippen LogP contribution in [-0.4, -0.2) is 17.7 Å². The second-order valence-electron chi connectivity index (χ2n) is 3.59. The molecule has 0 aliphatic heterocycles. The largest absolute Gasteiger partial charge is 0.491 e. The molecule has 0 spiro atoms. The Morgan fingerprint density at radius 2 is 2.19 bits per heavy atom. The lowest BCUT2D eigenvalue weighted by atomic mass is 10.2. The van der Waals surface area contributed by atoms with Crippen LogP contribution in [0.3, 0.4) is 0 Å². The maximum Gasteiger partial charge on any atom is 0.303 e. The Morgan fingerprint density at radius 1 is 1.44 bits per heavy atom. The summed E-state index contributed by atoms with van der Waals surface area (Å²) in [5.74, 6) is -0.933. The van der Waals surface area contributed by atoms with Gasteiger partial charge >= 0.3 is 5.97 Å². The van der Waals surface area contributed by atoms with Crippen LogP contribution in [0.15, 0.2) is 18.2 Å². The van der Waals surface area contributed by atoms with Gasteiger partial charge in [0.25, 0.3) is 0 Å². The van der Waals surface area contributed by atoms with Crippen LogP contribution in [0.25, 0.3) is 0 Å².